The molecule has 0 bridgehead atoms. The van der Waals surface area contributed by atoms with Crippen molar-refractivity contribution in [1.82, 2.24) is 9.97 Å². The minimum atomic E-state index is -0.0438. The molecule has 11 rings (SSSR count). The second-order valence-corrected chi connectivity index (χ2v) is 16.4. The summed E-state index contributed by atoms with van der Waals surface area (Å²) in [6.45, 7) is 4.69. The third-order valence-corrected chi connectivity index (χ3v) is 12.9. The van der Waals surface area contributed by atoms with E-state index in [0.29, 0.717) is 0 Å². The third kappa shape index (κ3) is 5.16. The highest BCUT2D eigenvalue weighted by molar-refractivity contribution is 7.25. The van der Waals surface area contributed by atoms with Crippen LogP contribution in [0, 0.1) is 0 Å². The predicted molar refractivity (Wildman–Crippen MR) is 237 cm³/mol. The maximum absolute atomic E-state index is 5.26. The van der Waals surface area contributed by atoms with Crippen molar-refractivity contribution >= 4 is 42.3 Å². The number of nitrogens with zero attached hydrogens (tertiary/aromatic N) is 2. The summed E-state index contributed by atoms with van der Waals surface area (Å²) in [6.07, 6.45) is 0. The molecule has 0 atom stereocenters. The maximum atomic E-state index is 5.26. The van der Waals surface area contributed by atoms with Gasteiger partial charge in [0.2, 0.25) is 0 Å². The summed E-state index contributed by atoms with van der Waals surface area (Å²) in [6, 6.07) is 65.9. The number of rotatable bonds is 5. The van der Waals surface area contributed by atoms with Crippen LogP contribution in [0.3, 0.4) is 0 Å². The Morgan fingerprint density at radius 3 is 1.84 bits per heavy atom. The van der Waals surface area contributed by atoms with E-state index in [-0.39, 0.29) is 5.41 Å². The van der Waals surface area contributed by atoms with Crippen LogP contribution >= 0.6 is 11.3 Å². The van der Waals surface area contributed by atoms with Crippen LogP contribution in [0.2, 0.25) is 0 Å². The molecule has 0 spiro atoms. The van der Waals surface area contributed by atoms with Crippen molar-refractivity contribution < 1.29 is 0 Å². The summed E-state index contributed by atoms with van der Waals surface area (Å²) >= 11 is 1.84. The zero-order chi connectivity index (χ0) is 37.4. The molecule has 3 heteroatoms. The highest BCUT2D eigenvalue weighted by Gasteiger charge is 2.36. The van der Waals surface area contributed by atoms with E-state index in [9.17, 15) is 0 Å². The Morgan fingerprint density at radius 2 is 0.982 bits per heavy atom. The molecule has 8 aromatic carbocycles. The van der Waals surface area contributed by atoms with E-state index in [0.717, 1.165) is 39.3 Å². The second-order valence-electron chi connectivity index (χ2n) is 15.3. The monoisotopic (exact) mass is 732 g/mol. The molecule has 0 radical (unpaired) electrons. The lowest BCUT2D eigenvalue weighted by molar-refractivity contribution is 0.660. The topological polar surface area (TPSA) is 25.8 Å². The minimum absolute atomic E-state index is 0.0438. The molecule has 0 saturated carbocycles. The third-order valence-electron chi connectivity index (χ3n) is 11.7. The Bertz CT molecular complexity index is 3170. The first kappa shape index (κ1) is 32.7. The fourth-order valence-electron chi connectivity index (χ4n) is 8.96. The lowest BCUT2D eigenvalue weighted by Gasteiger charge is -2.21. The van der Waals surface area contributed by atoms with Gasteiger partial charge in [-0.2, -0.15) is 0 Å². The molecule has 0 N–H and O–H groups in total. The quantitative estimate of drug-likeness (QED) is 0.176. The van der Waals surface area contributed by atoms with Gasteiger partial charge in [-0.1, -0.05) is 166 Å². The van der Waals surface area contributed by atoms with Gasteiger partial charge in [-0.3, -0.25) is 0 Å². The molecule has 0 unspecified atom stereocenters. The molecule has 0 saturated heterocycles. The second kappa shape index (κ2) is 12.7. The minimum Gasteiger partial charge on any atom is -0.228 e. The van der Waals surface area contributed by atoms with Crippen LogP contribution in [0.25, 0.3) is 98.2 Å². The van der Waals surface area contributed by atoms with Crippen LogP contribution in [-0.4, -0.2) is 9.97 Å². The molecular weight excluding hydrogens is 697 g/mol. The van der Waals surface area contributed by atoms with Gasteiger partial charge in [0.1, 0.15) is 0 Å². The Morgan fingerprint density at radius 1 is 0.375 bits per heavy atom. The first-order valence-electron chi connectivity index (χ1n) is 19.2. The summed E-state index contributed by atoms with van der Waals surface area (Å²) < 4.78 is 2.58. The van der Waals surface area contributed by atoms with Gasteiger partial charge in [-0.25, -0.2) is 9.97 Å². The molecule has 0 fully saturated rings. The van der Waals surface area contributed by atoms with E-state index in [2.05, 4.69) is 190 Å². The van der Waals surface area contributed by atoms with Gasteiger partial charge < -0.3 is 0 Å². The van der Waals surface area contributed by atoms with Gasteiger partial charge in [0.25, 0.3) is 0 Å². The Labute approximate surface area is 330 Å². The van der Waals surface area contributed by atoms with E-state index in [1.54, 1.807) is 0 Å². The number of fused-ring (bicyclic) bond motifs is 7. The van der Waals surface area contributed by atoms with Crippen molar-refractivity contribution in [2.24, 2.45) is 0 Å². The summed E-state index contributed by atoms with van der Waals surface area (Å²) in [7, 11) is 0. The van der Waals surface area contributed by atoms with Gasteiger partial charge >= 0.3 is 0 Å². The molecule has 1 aliphatic carbocycles. The van der Waals surface area contributed by atoms with Gasteiger partial charge in [-0.05, 0) is 85.6 Å². The SMILES string of the molecule is CC1(C)c2ccccc2-c2c(-c3cccc(-c4ccc(-c5cc(-c6ccc7sc8ccccc8c7c6)nc(-c6ccccc6)n5)c5ccccc45)c3)cccc21. The van der Waals surface area contributed by atoms with Crippen LogP contribution in [0.4, 0.5) is 0 Å². The van der Waals surface area contributed by atoms with Gasteiger partial charge in [0.15, 0.2) is 5.82 Å². The molecular formula is C53H36N2S. The Balaban J connectivity index is 1.06. The van der Waals surface area contributed by atoms with E-state index in [4.69, 9.17) is 9.97 Å². The van der Waals surface area contributed by atoms with E-state index in [1.165, 1.54) is 70.1 Å². The normalized spacial score (nSPS) is 13.0. The van der Waals surface area contributed by atoms with Crippen LogP contribution in [-0.2, 0) is 5.41 Å². The van der Waals surface area contributed by atoms with Crippen molar-refractivity contribution in [2.45, 2.75) is 19.3 Å². The molecule has 0 amide bonds. The molecule has 56 heavy (non-hydrogen) atoms. The van der Waals surface area contributed by atoms with E-state index in [1.807, 2.05) is 17.4 Å². The van der Waals surface area contributed by atoms with Crippen LogP contribution in [0.1, 0.15) is 25.0 Å². The summed E-state index contributed by atoms with van der Waals surface area (Å²) in [5.74, 6) is 0.717. The smallest absolute Gasteiger partial charge is 0.160 e. The van der Waals surface area contributed by atoms with Crippen LogP contribution in [0.5, 0.6) is 0 Å². The summed E-state index contributed by atoms with van der Waals surface area (Å²) in [4.78, 5) is 10.5. The molecule has 2 aromatic heterocycles. The number of hydrogen-bond acceptors (Lipinski definition) is 3. The molecule has 2 heterocycles. The first-order chi connectivity index (χ1) is 27.5. The van der Waals surface area contributed by atoms with Gasteiger partial charge in [0.05, 0.1) is 11.4 Å². The molecule has 1 aliphatic rings. The van der Waals surface area contributed by atoms with Crippen molar-refractivity contribution in [2.75, 3.05) is 0 Å². The average Bonchev–Trinajstić information content (AvgIpc) is 3.75. The summed E-state index contributed by atoms with van der Waals surface area (Å²) in [5, 5.41) is 4.90. The van der Waals surface area contributed by atoms with Crippen molar-refractivity contribution in [3.63, 3.8) is 0 Å². The molecule has 0 aliphatic heterocycles. The first-order valence-corrected chi connectivity index (χ1v) is 20.1. The molecule has 264 valence electrons. The van der Waals surface area contributed by atoms with E-state index >= 15 is 0 Å². The van der Waals surface area contributed by atoms with Crippen LogP contribution in [0.15, 0.2) is 182 Å². The van der Waals surface area contributed by atoms with Gasteiger partial charge in [0, 0.05) is 42.3 Å². The Kier molecular flexibility index (Phi) is 7.42. The highest BCUT2D eigenvalue weighted by atomic mass is 32.1. The Hall–Kier alpha value is -6.68. The van der Waals surface area contributed by atoms with E-state index < -0.39 is 0 Å². The van der Waals surface area contributed by atoms with Crippen molar-refractivity contribution in [3.05, 3.63) is 193 Å². The fraction of sp³-hybridized carbons (Fsp3) is 0.0566. The van der Waals surface area contributed by atoms with Gasteiger partial charge in [-0.15, -0.1) is 11.3 Å². The molecule has 10 aromatic rings. The number of hydrogen-bond donors (Lipinski definition) is 0. The standard InChI is InChI=1S/C53H36N2S/c1-53(2)45-23-10-8-21-43(45)51-38(22-13-24-46(51)53)35-17-12-16-34(30-35)37-27-28-41(40-19-7-6-18-39(37)40)48-32-47(54-52(55-48)33-14-4-3-5-15-33)36-26-29-50-44(31-36)42-20-9-11-25-49(42)56-50/h3-32H,1-2H3. The number of aromatic nitrogens is 2. The van der Waals surface area contributed by atoms with Crippen molar-refractivity contribution in [3.8, 4) is 67.3 Å². The fourth-order valence-corrected chi connectivity index (χ4v) is 10.0. The highest BCUT2D eigenvalue weighted by Crippen LogP contribution is 2.52. The average molecular weight is 733 g/mol. The largest absolute Gasteiger partial charge is 0.228 e. The molecule has 2 nitrogen and oxygen atoms in total. The zero-order valence-electron chi connectivity index (χ0n) is 31.1. The zero-order valence-corrected chi connectivity index (χ0v) is 31.9. The lowest BCUT2D eigenvalue weighted by Crippen LogP contribution is -2.14. The number of benzene rings is 8. The number of thiophene rings is 1. The maximum Gasteiger partial charge on any atom is 0.160 e. The van der Waals surface area contributed by atoms with Crippen molar-refractivity contribution in [1.29, 1.82) is 0 Å². The lowest BCUT2D eigenvalue weighted by atomic mass is 9.82. The summed E-state index contributed by atoms with van der Waals surface area (Å²) in [5.41, 5.74) is 15.3. The predicted octanol–water partition coefficient (Wildman–Crippen LogP) is 14.6. The van der Waals surface area contributed by atoms with Crippen LogP contribution < -0.4 is 0 Å².